The minimum Gasteiger partial charge on any atom is -0.474 e. The molecule has 0 saturated heterocycles. The van der Waals surface area contributed by atoms with Crippen molar-refractivity contribution in [2.45, 2.75) is 20.0 Å². The number of anilines is 1. The lowest BCUT2D eigenvalue weighted by Gasteiger charge is -2.15. The van der Waals surface area contributed by atoms with E-state index in [1.807, 2.05) is 0 Å². The fraction of sp³-hybridized carbons (Fsp3) is 0.176. The van der Waals surface area contributed by atoms with E-state index in [2.05, 4.69) is 5.32 Å². The number of para-hydroxylation sites is 2. The molecule has 1 N–H and O–H groups in total. The Bertz CT molecular complexity index is 788. The molecule has 0 aliphatic carbocycles. The van der Waals surface area contributed by atoms with Crippen LogP contribution in [0.15, 0.2) is 48.5 Å². The number of carbonyl (C=O) groups excluding carboxylic acids is 2. The molecule has 24 heavy (non-hydrogen) atoms. The molecule has 0 aliphatic rings. The summed E-state index contributed by atoms with van der Waals surface area (Å²) in [6, 6.07) is 12.3. The van der Waals surface area contributed by atoms with Gasteiger partial charge in [0.05, 0.1) is 4.92 Å². The first-order valence-electron chi connectivity index (χ1n) is 7.20. The summed E-state index contributed by atoms with van der Waals surface area (Å²) in [4.78, 5) is 33.9. The lowest BCUT2D eigenvalue weighted by atomic mass is 10.1. The zero-order chi connectivity index (χ0) is 17.7. The third-order valence-corrected chi connectivity index (χ3v) is 3.27. The van der Waals surface area contributed by atoms with Gasteiger partial charge in [0.1, 0.15) is 0 Å². The predicted molar refractivity (Wildman–Crippen MR) is 88.3 cm³/mol. The fourth-order valence-corrected chi connectivity index (χ4v) is 2.01. The number of ether oxygens (including phenoxy) is 1. The van der Waals surface area contributed by atoms with E-state index in [0.29, 0.717) is 11.3 Å². The molecular weight excluding hydrogens is 312 g/mol. The number of hydrogen-bond acceptors (Lipinski definition) is 5. The minimum absolute atomic E-state index is 0.0163. The Morgan fingerprint density at radius 1 is 1.17 bits per heavy atom. The normalized spacial score (nSPS) is 11.4. The van der Waals surface area contributed by atoms with E-state index >= 15 is 0 Å². The van der Waals surface area contributed by atoms with Crippen LogP contribution < -0.4 is 10.1 Å². The van der Waals surface area contributed by atoms with E-state index < -0.39 is 16.9 Å². The summed E-state index contributed by atoms with van der Waals surface area (Å²) in [6.45, 7) is 2.92. The Morgan fingerprint density at radius 3 is 2.54 bits per heavy atom. The number of nitrogens with one attached hydrogen (secondary N) is 1. The monoisotopic (exact) mass is 328 g/mol. The number of Topliss-reactive ketones (excluding diaryl/α,β-unsaturated/α-hetero) is 1. The highest BCUT2D eigenvalue weighted by atomic mass is 16.6. The number of hydrogen-bond donors (Lipinski definition) is 1. The standard InChI is InChI=1S/C17H16N2O5/c1-11(20)13-6-5-7-14(10-13)18-17(21)12(2)24-16-9-4-3-8-15(16)19(22)23/h3-10,12H,1-2H3,(H,18,21). The highest BCUT2D eigenvalue weighted by molar-refractivity contribution is 5.98. The largest absolute Gasteiger partial charge is 0.474 e. The van der Waals surface area contributed by atoms with Crippen molar-refractivity contribution in [3.63, 3.8) is 0 Å². The van der Waals surface area contributed by atoms with Crippen LogP contribution in [0, 0.1) is 10.1 Å². The van der Waals surface area contributed by atoms with Crippen LogP contribution in [0.4, 0.5) is 11.4 Å². The summed E-state index contributed by atoms with van der Waals surface area (Å²) in [7, 11) is 0. The van der Waals surface area contributed by atoms with Gasteiger partial charge in [0.2, 0.25) is 0 Å². The van der Waals surface area contributed by atoms with Gasteiger partial charge in [0.25, 0.3) is 5.91 Å². The molecule has 2 aromatic carbocycles. The number of nitro groups is 1. The average molecular weight is 328 g/mol. The number of benzene rings is 2. The second kappa shape index (κ2) is 7.36. The lowest BCUT2D eigenvalue weighted by molar-refractivity contribution is -0.386. The van der Waals surface area contributed by atoms with E-state index in [9.17, 15) is 19.7 Å². The molecule has 0 heterocycles. The summed E-state index contributed by atoms with van der Waals surface area (Å²) in [5.41, 5.74) is 0.710. The number of nitrogens with zero attached hydrogens (tertiary/aromatic N) is 1. The summed E-state index contributed by atoms with van der Waals surface area (Å²) >= 11 is 0. The molecule has 1 atom stereocenters. The first-order chi connectivity index (χ1) is 11.4. The molecule has 7 heteroatoms. The molecule has 0 bridgehead atoms. The molecule has 0 aliphatic heterocycles. The zero-order valence-corrected chi connectivity index (χ0v) is 13.2. The van der Waals surface area contributed by atoms with Crippen molar-refractivity contribution in [2.75, 3.05) is 5.32 Å². The number of rotatable bonds is 6. The molecular formula is C17H16N2O5. The van der Waals surface area contributed by atoms with E-state index in [1.165, 1.54) is 32.0 Å². The first kappa shape index (κ1) is 17.1. The van der Waals surface area contributed by atoms with Crippen molar-refractivity contribution in [3.8, 4) is 5.75 Å². The number of ketones is 1. The third kappa shape index (κ3) is 4.16. The maximum atomic E-state index is 12.2. The van der Waals surface area contributed by atoms with Crippen molar-refractivity contribution in [1.29, 1.82) is 0 Å². The quantitative estimate of drug-likeness (QED) is 0.499. The Kier molecular flexibility index (Phi) is 5.26. The van der Waals surface area contributed by atoms with E-state index in [0.717, 1.165) is 0 Å². The van der Waals surface area contributed by atoms with E-state index in [4.69, 9.17) is 4.74 Å². The topological polar surface area (TPSA) is 98.5 Å². The maximum absolute atomic E-state index is 12.2. The van der Waals surface area contributed by atoms with Crippen molar-refractivity contribution < 1.29 is 19.2 Å². The molecule has 0 spiro atoms. The predicted octanol–water partition coefficient (Wildman–Crippen LogP) is 3.20. The van der Waals surface area contributed by atoms with Gasteiger partial charge in [-0.3, -0.25) is 19.7 Å². The lowest BCUT2D eigenvalue weighted by Crippen LogP contribution is -2.30. The van der Waals surface area contributed by atoms with Gasteiger partial charge in [0.15, 0.2) is 17.6 Å². The van der Waals surface area contributed by atoms with Gasteiger partial charge in [-0.05, 0) is 32.0 Å². The Balaban J connectivity index is 2.09. The molecule has 0 aromatic heterocycles. The van der Waals surface area contributed by atoms with Crippen molar-refractivity contribution in [1.82, 2.24) is 0 Å². The van der Waals surface area contributed by atoms with Gasteiger partial charge < -0.3 is 10.1 Å². The summed E-state index contributed by atoms with van der Waals surface area (Å²) in [5.74, 6) is -0.577. The van der Waals surface area contributed by atoms with Crippen LogP contribution in [0.25, 0.3) is 0 Å². The highest BCUT2D eigenvalue weighted by Gasteiger charge is 2.20. The zero-order valence-electron chi connectivity index (χ0n) is 13.2. The Labute approximate surface area is 138 Å². The van der Waals surface area contributed by atoms with Crippen molar-refractivity contribution in [2.24, 2.45) is 0 Å². The second-order valence-electron chi connectivity index (χ2n) is 5.11. The van der Waals surface area contributed by atoms with Gasteiger partial charge in [0, 0.05) is 17.3 Å². The van der Waals surface area contributed by atoms with Gasteiger partial charge >= 0.3 is 5.69 Å². The van der Waals surface area contributed by atoms with Crippen LogP contribution in [-0.4, -0.2) is 22.7 Å². The van der Waals surface area contributed by atoms with Crippen molar-refractivity contribution in [3.05, 3.63) is 64.2 Å². The smallest absolute Gasteiger partial charge is 0.310 e. The van der Waals surface area contributed by atoms with Crippen LogP contribution >= 0.6 is 0 Å². The minimum atomic E-state index is -0.952. The molecule has 124 valence electrons. The Hall–Kier alpha value is -3.22. The van der Waals surface area contributed by atoms with Crippen LogP contribution in [-0.2, 0) is 4.79 Å². The maximum Gasteiger partial charge on any atom is 0.310 e. The fourth-order valence-electron chi connectivity index (χ4n) is 2.01. The molecule has 2 rings (SSSR count). The SMILES string of the molecule is CC(=O)c1cccc(NC(=O)C(C)Oc2ccccc2[N+](=O)[O-])c1. The molecule has 2 aromatic rings. The molecule has 0 radical (unpaired) electrons. The summed E-state index contributed by atoms with van der Waals surface area (Å²) < 4.78 is 5.40. The average Bonchev–Trinajstić information content (AvgIpc) is 2.55. The first-order valence-corrected chi connectivity index (χ1v) is 7.20. The number of nitro benzene ring substituents is 1. The summed E-state index contributed by atoms with van der Waals surface area (Å²) in [5, 5.41) is 13.6. The summed E-state index contributed by atoms with van der Waals surface area (Å²) in [6.07, 6.45) is -0.952. The van der Waals surface area contributed by atoms with Crippen molar-refractivity contribution >= 4 is 23.1 Å². The third-order valence-electron chi connectivity index (χ3n) is 3.27. The molecule has 7 nitrogen and oxygen atoms in total. The highest BCUT2D eigenvalue weighted by Crippen LogP contribution is 2.27. The van der Waals surface area contributed by atoms with Crippen LogP contribution in [0.3, 0.4) is 0 Å². The van der Waals surface area contributed by atoms with Gasteiger partial charge in [-0.2, -0.15) is 0 Å². The number of carbonyl (C=O) groups is 2. The van der Waals surface area contributed by atoms with Gasteiger partial charge in [-0.15, -0.1) is 0 Å². The molecule has 0 fully saturated rings. The van der Waals surface area contributed by atoms with E-state index in [1.54, 1.807) is 30.3 Å². The second-order valence-corrected chi connectivity index (χ2v) is 5.11. The molecule has 1 unspecified atom stereocenters. The molecule has 0 saturated carbocycles. The van der Waals surface area contributed by atoms with Crippen LogP contribution in [0.1, 0.15) is 24.2 Å². The Morgan fingerprint density at radius 2 is 1.88 bits per heavy atom. The van der Waals surface area contributed by atoms with Crippen LogP contribution in [0.5, 0.6) is 5.75 Å². The number of amides is 1. The van der Waals surface area contributed by atoms with Crippen LogP contribution in [0.2, 0.25) is 0 Å². The van der Waals surface area contributed by atoms with Gasteiger partial charge in [-0.1, -0.05) is 24.3 Å². The van der Waals surface area contributed by atoms with E-state index in [-0.39, 0.29) is 17.2 Å². The molecule has 1 amide bonds. The van der Waals surface area contributed by atoms with Gasteiger partial charge in [-0.25, -0.2) is 0 Å².